The normalized spacial score (nSPS) is 12.4. The van der Waals surface area contributed by atoms with Crippen molar-refractivity contribution in [2.45, 2.75) is 39.8 Å². The Morgan fingerprint density at radius 1 is 1.22 bits per heavy atom. The SMILES string of the molecule is CCOC(Cc1ccc2c(c1)cc(C)n2Cc1nc(-c2ccccc2Cl)oc1C)C(=O)O. The van der Waals surface area contributed by atoms with Crippen LogP contribution in [0.4, 0.5) is 0 Å². The third-order valence-electron chi connectivity index (χ3n) is 5.54. The first kappa shape index (κ1) is 22.1. The summed E-state index contributed by atoms with van der Waals surface area (Å²) in [7, 11) is 0. The summed E-state index contributed by atoms with van der Waals surface area (Å²) in [5, 5.41) is 11.0. The number of rotatable bonds is 8. The van der Waals surface area contributed by atoms with Gasteiger partial charge < -0.3 is 18.8 Å². The largest absolute Gasteiger partial charge is 0.479 e. The van der Waals surface area contributed by atoms with E-state index in [1.807, 2.05) is 56.3 Å². The lowest BCUT2D eigenvalue weighted by Gasteiger charge is -2.12. The molecular formula is C25H25ClN2O4. The average Bonchev–Trinajstić information content (AvgIpc) is 3.27. The molecule has 6 nitrogen and oxygen atoms in total. The Balaban J connectivity index is 1.63. The van der Waals surface area contributed by atoms with Gasteiger partial charge in [0.15, 0.2) is 6.10 Å². The second kappa shape index (κ2) is 9.18. The molecule has 4 rings (SSSR count). The van der Waals surface area contributed by atoms with Crippen LogP contribution in [0, 0.1) is 13.8 Å². The van der Waals surface area contributed by atoms with Crippen molar-refractivity contribution < 1.29 is 19.1 Å². The third-order valence-corrected chi connectivity index (χ3v) is 5.87. The maximum absolute atomic E-state index is 11.4. The zero-order valence-electron chi connectivity index (χ0n) is 18.3. The number of aryl methyl sites for hydroxylation is 2. The molecule has 0 bridgehead atoms. The van der Waals surface area contributed by atoms with Crippen molar-refractivity contribution in [1.82, 2.24) is 9.55 Å². The summed E-state index contributed by atoms with van der Waals surface area (Å²) in [6, 6.07) is 15.6. The Morgan fingerprint density at radius 3 is 2.72 bits per heavy atom. The first-order chi connectivity index (χ1) is 15.4. The Hall–Kier alpha value is -3.09. The van der Waals surface area contributed by atoms with Gasteiger partial charge in [0.1, 0.15) is 11.5 Å². The summed E-state index contributed by atoms with van der Waals surface area (Å²) in [6.07, 6.45) is -0.519. The number of hydrogen-bond acceptors (Lipinski definition) is 4. The highest BCUT2D eigenvalue weighted by atomic mass is 35.5. The number of fused-ring (bicyclic) bond motifs is 1. The van der Waals surface area contributed by atoms with E-state index in [0.29, 0.717) is 30.5 Å². The summed E-state index contributed by atoms with van der Waals surface area (Å²) in [5.41, 5.74) is 4.67. The van der Waals surface area contributed by atoms with E-state index in [1.165, 1.54) is 0 Å². The van der Waals surface area contributed by atoms with Crippen LogP contribution in [0.5, 0.6) is 0 Å². The summed E-state index contributed by atoms with van der Waals surface area (Å²) in [6.45, 7) is 6.67. The number of halogens is 1. The first-order valence-electron chi connectivity index (χ1n) is 10.5. The van der Waals surface area contributed by atoms with E-state index in [-0.39, 0.29) is 0 Å². The van der Waals surface area contributed by atoms with Crippen molar-refractivity contribution >= 4 is 28.5 Å². The van der Waals surface area contributed by atoms with E-state index in [2.05, 4.69) is 10.6 Å². The van der Waals surface area contributed by atoms with Crippen LogP contribution in [0.3, 0.4) is 0 Å². The molecule has 0 saturated carbocycles. The van der Waals surface area contributed by atoms with Gasteiger partial charge in [0.05, 0.1) is 17.1 Å². The number of carboxylic acid groups (broad SMARTS) is 1. The monoisotopic (exact) mass is 452 g/mol. The van der Waals surface area contributed by atoms with Crippen LogP contribution in [0.25, 0.3) is 22.4 Å². The number of carbonyl (C=O) groups is 1. The number of aromatic nitrogens is 2. The minimum Gasteiger partial charge on any atom is -0.479 e. The van der Waals surface area contributed by atoms with Crippen molar-refractivity contribution in [2.24, 2.45) is 0 Å². The minimum absolute atomic E-state index is 0.326. The van der Waals surface area contributed by atoms with Crippen molar-refractivity contribution in [2.75, 3.05) is 6.61 Å². The Bertz CT molecular complexity index is 1270. The van der Waals surface area contributed by atoms with Crippen LogP contribution < -0.4 is 0 Å². The number of benzene rings is 2. The lowest BCUT2D eigenvalue weighted by atomic mass is 10.1. The smallest absolute Gasteiger partial charge is 0.333 e. The molecule has 4 aromatic rings. The lowest BCUT2D eigenvalue weighted by Crippen LogP contribution is -2.26. The number of oxazole rings is 1. The van der Waals surface area contributed by atoms with Gasteiger partial charge in [-0.15, -0.1) is 0 Å². The third kappa shape index (κ3) is 4.42. The zero-order chi connectivity index (χ0) is 22.8. The molecule has 1 N–H and O–H groups in total. The van der Waals surface area contributed by atoms with Gasteiger partial charge in [0.2, 0.25) is 5.89 Å². The lowest BCUT2D eigenvalue weighted by molar-refractivity contribution is -0.149. The van der Waals surface area contributed by atoms with E-state index in [1.54, 1.807) is 6.92 Å². The molecule has 0 aliphatic rings. The molecule has 32 heavy (non-hydrogen) atoms. The summed E-state index contributed by atoms with van der Waals surface area (Å²) in [5.74, 6) is 0.311. The van der Waals surface area contributed by atoms with Gasteiger partial charge in [-0.2, -0.15) is 0 Å². The maximum atomic E-state index is 11.4. The quantitative estimate of drug-likeness (QED) is 0.374. The molecule has 1 unspecified atom stereocenters. The molecule has 0 fully saturated rings. The van der Waals surface area contributed by atoms with Crippen LogP contribution in [0.1, 0.15) is 29.6 Å². The second-order valence-corrected chi connectivity index (χ2v) is 8.16. The standard InChI is InChI=1S/C25H25ClN2O4/c1-4-31-23(25(29)30)13-17-9-10-22-18(12-17)11-15(2)28(22)14-21-16(3)32-24(27-21)19-7-5-6-8-20(19)26/h5-12,23H,4,13-14H2,1-3H3,(H,29,30). The topological polar surface area (TPSA) is 77.5 Å². The maximum Gasteiger partial charge on any atom is 0.333 e. The summed E-state index contributed by atoms with van der Waals surface area (Å²) >= 11 is 6.31. The van der Waals surface area contributed by atoms with E-state index < -0.39 is 12.1 Å². The van der Waals surface area contributed by atoms with Crippen molar-refractivity contribution in [1.29, 1.82) is 0 Å². The second-order valence-electron chi connectivity index (χ2n) is 7.75. The van der Waals surface area contributed by atoms with Gasteiger partial charge in [-0.1, -0.05) is 29.8 Å². The Kier molecular flexibility index (Phi) is 6.35. The zero-order valence-corrected chi connectivity index (χ0v) is 19.0. The Morgan fingerprint density at radius 2 is 2.00 bits per heavy atom. The molecule has 166 valence electrons. The van der Waals surface area contributed by atoms with Crippen LogP contribution in [0.15, 0.2) is 52.9 Å². The molecule has 0 aliphatic carbocycles. The molecular weight excluding hydrogens is 428 g/mol. The van der Waals surface area contributed by atoms with Crippen molar-refractivity contribution in [3.05, 3.63) is 76.3 Å². The predicted octanol–water partition coefficient (Wildman–Crippen LogP) is 5.65. The van der Waals surface area contributed by atoms with E-state index in [4.69, 9.17) is 25.7 Å². The Labute approximate surface area is 191 Å². The first-order valence-corrected chi connectivity index (χ1v) is 10.9. The van der Waals surface area contributed by atoms with Gasteiger partial charge in [0.25, 0.3) is 0 Å². The highest BCUT2D eigenvalue weighted by Gasteiger charge is 2.19. The van der Waals surface area contributed by atoms with E-state index >= 15 is 0 Å². The summed E-state index contributed by atoms with van der Waals surface area (Å²) < 4.78 is 13.4. The minimum atomic E-state index is -0.948. The molecule has 0 saturated heterocycles. The van der Waals surface area contributed by atoms with Crippen LogP contribution in [0.2, 0.25) is 5.02 Å². The van der Waals surface area contributed by atoms with Crippen molar-refractivity contribution in [3.8, 4) is 11.5 Å². The molecule has 2 aromatic carbocycles. The highest BCUT2D eigenvalue weighted by Crippen LogP contribution is 2.30. The highest BCUT2D eigenvalue weighted by molar-refractivity contribution is 6.33. The van der Waals surface area contributed by atoms with E-state index in [9.17, 15) is 9.90 Å². The fourth-order valence-corrected chi connectivity index (χ4v) is 4.12. The molecule has 0 aliphatic heterocycles. The molecule has 1 atom stereocenters. The number of carboxylic acids is 1. The predicted molar refractivity (Wildman–Crippen MR) is 124 cm³/mol. The average molecular weight is 453 g/mol. The number of aliphatic carboxylic acids is 1. The molecule has 0 spiro atoms. The molecule has 0 radical (unpaired) electrons. The fraction of sp³-hybridized carbons (Fsp3) is 0.280. The van der Waals surface area contributed by atoms with Crippen molar-refractivity contribution in [3.63, 3.8) is 0 Å². The van der Waals surface area contributed by atoms with Gasteiger partial charge >= 0.3 is 5.97 Å². The molecule has 7 heteroatoms. The van der Waals surface area contributed by atoms with Gasteiger partial charge in [-0.3, -0.25) is 0 Å². The van der Waals surface area contributed by atoms with E-state index in [0.717, 1.165) is 39.2 Å². The van der Waals surface area contributed by atoms with Gasteiger partial charge in [-0.25, -0.2) is 9.78 Å². The summed E-state index contributed by atoms with van der Waals surface area (Å²) in [4.78, 5) is 16.1. The van der Waals surface area contributed by atoms with Crippen LogP contribution in [-0.4, -0.2) is 33.3 Å². The number of hydrogen-bond donors (Lipinski definition) is 1. The molecule has 2 aromatic heterocycles. The number of nitrogens with zero attached hydrogens (tertiary/aromatic N) is 2. The van der Waals surface area contributed by atoms with Crippen LogP contribution >= 0.6 is 11.6 Å². The van der Waals surface area contributed by atoms with Gasteiger partial charge in [-0.05, 0) is 56.7 Å². The molecule has 2 heterocycles. The number of ether oxygens (including phenoxy) is 1. The van der Waals surface area contributed by atoms with Crippen LogP contribution in [-0.2, 0) is 22.5 Å². The molecule has 0 amide bonds. The fourth-order valence-electron chi connectivity index (χ4n) is 3.90. The van der Waals surface area contributed by atoms with Gasteiger partial charge in [0, 0.05) is 29.6 Å².